The Morgan fingerprint density at radius 1 is 1.50 bits per heavy atom. The van der Waals surface area contributed by atoms with Crippen LogP contribution in [0.15, 0.2) is 24.5 Å². The maximum atomic E-state index is 11.7. The largest absolute Gasteiger partial charge is 2.00 e. The average Bonchev–Trinajstić information content (AvgIpc) is 2.21. The zero-order chi connectivity index (χ0) is 9.68. The first-order chi connectivity index (χ1) is 6.29. The Morgan fingerprint density at radius 2 is 2.14 bits per heavy atom. The smallest absolute Gasteiger partial charge is 1.00 e. The third kappa shape index (κ3) is 3.56. The molecule has 1 heterocycles. The van der Waals surface area contributed by atoms with Gasteiger partial charge < -0.3 is 7.75 Å². The van der Waals surface area contributed by atoms with Crippen molar-refractivity contribution in [3.05, 3.63) is 30.1 Å². The summed E-state index contributed by atoms with van der Waals surface area (Å²) in [5.74, 6) is 0.0538. The Morgan fingerprint density at radius 3 is 2.57 bits per heavy atom. The zero-order valence-electron chi connectivity index (χ0n) is 10.7. The number of carbonyl (C=O) groups excluding carboxylic acids is 1. The van der Waals surface area contributed by atoms with Crippen LogP contribution in [0, 0.1) is 0 Å². The molecule has 0 unspecified atom stereocenters. The van der Waals surface area contributed by atoms with E-state index in [0.717, 1.165) is 13.1 Å². The summed E-state index contributed by atoms with van der Waals surface area (Å²) < 4.78 is 0. The van der Waals surface area contributed by atoms with E-state index in [1.165, 1.54) is 0 Å². The van der Waals surface area contributed by atoms with E-state index in [-0.39, 0.29) is 46.5 Å². The third-order valence-electron chi connectivity index (χ3n) is 1.96. The number of nitrogens with zero attached hydrogens (tertiary/aromatic N) is 2. The number of aromatic nitrogens is 1. The van der Waals surface area contributed by atoms with Crippen LogP contribution in [0.1, 0.15) is 27.1 Å². The fourth-order valence-corrected chi connectivity index (χ4v) is 1.18. The molecule has 0 saturated carbocycles. The summed E-state index contributed by atoms with van der Waals surface area (Å²) >= 11 is 0. The van der Waals surface area contributed by atoms with Crippen LogP contribution in [0.4, 0.5) is 0 Å². The molecule has 4 heteroatoms. The number of carbonyl (C=O) groups is 1. The minimum atomic E-state index is 0. The Labute approximate surface area is 117 Å². The fraction of sp³-hybridized carbons (Fsp3) is 0.400. The van der Waals surface area contributed by atoms with Gasteiger partial charge in [-0.3, -0.25) is 9.78 Å². The zero-order valence-corrected chi connectivity index (χ0v) is 10.9. The minimum absolute atomic E-state index is 0. The van der Waals surface area contributed by atoms with Crippen molar-refractivity contribution in [3.8, 4) is 0 Å². The second-order valence-corrected chi connectivity index (χ2v) is 2.72. The molecular weight excluding hydrogens is 204 g/mol. The second-order valence-electron chi connectivity index (χ2n) is 2.72. The van der Waals surface area contributed by atoms with Crippen LogP contribution in [0.25, 0.3) is 0 Å². The summed E-state index contributed by atoms with van der Waals surface area (Å²) in [6, 6.07) is 3.56. The van der Waals surface area contributed by atoms with E-state index in [9.17, 15) is 4.79 Å². The van der Waals surface area contributed by atoms with Crippen LogP contribution in [0.3, 0.4) is 0 Å². The Balaban J connectivity index is -0.000000563. The molecule has 1 aromatic rings. The number of pyridine rings is 1. The van der Waals surface area contributed by atoms with Crippen molar-refractivity contribution in [2.24, 2.45) is 0 Å². The Hall–Kier alpha value is -0.120. The molecule has 0 bridgehead atoms. The molecule has 0 aliphatic rings. The third-order valence-corrected chi connectivity index (χ3v) is 1.96. The van der Waals surface area contributed by atoms with E-state index in [4.69, 9.17) is 0 Å². The van der Waals surface area contributed by atoms with Gasteiger partial charge in [0.1, 0.15) is 0 Å². The van der Waals surface area contributed by atoms with Crippen LogP contribution in [-0.4, -0.2) is 66.6 Å². The van der Waals surface area contributed by atoms with Crippen molar-refractivity contribution in [1.82, 2.24) is 9.88 Å². The SMILES string of the molecule is CCN(CC)C(=O)c1cccnc1.[Ca+2].[H-].[H-]. The quantitative estimate of drug-likeness (QED) is 0.722. The van der Waals surface area contributed by atoms with Gasteiger partial charge in [-0.25, -0.2) is 0 Å². The molecule has 14 heavy (non-hydrogen) atoms. The summed E-state index contributed by atoms with van der Waals surface area (Å²) in [7, 11) is 0. The Bertz CT molecular complexity index is 281. The van der Waals surface area contributed by atoms with E-state index in [1.807, 2.05) is 13.8 Å². The van der Waals surface area contributed by atoms with E-state index < -0.39 is 0 Å². The van der Waals surface area contributed by atoms with Gasteiger partial charge in [0.15, 0.2) is 0 Å². The standard InChI is InChI=1S/C10H14N2O.Ca.2H/c1-3-12(4-2)10(13)9-6-5-7-11-8-9;;;/h5-8H,3-4H2,1-2H3;;;/q;+2;2*-1. The van der Waals surface area contributed by atoms with Gasteiger partial charge in [0.2, 0.25) is 0 Å². The molecule has 1 rings (SSSR count). The van der Waals surface area contributed by atoms with Gasteiger partial charge in [-0.05, 0) is 26.0 Å². The molecular formula is C10H16CaN2O. The van der Waals surface area contributed by atoms with Gasteiger partial charge >= 0.3 is 37.7 Å². The predicted octanol–water partition coefficient (Wildman–Crippen LogP) is 1.41. The van der Waals surface area contributed by atoms with Gasteiger partial charge in [0, 0.05) is 25.5 Å². The van der Waals surface area contributed by atoms with Gasteiger partial charge in [0.05, 0.1) is 5.56 Å². The first-order valence-corrected chi connectivity index (χ1v) is 4.48. The van der Waals surface area contributed by atoms with E-state index in [0.29, 0.717) is 5.56 Å². The van der Waals surface area contributed by atoms with Crippen LogP contribution in [0.2, 0.25) is 0 Å². The predicted molar refractivity (Wildman–Crippen MR) is 59.5 cm³/mol. The van der Waals surface area contributed by atoms with Crippen LogP contribution in [0.5, 0.6) is 0 Å². The van der Waals surface area contributed by atoms with Crippen molar-refractivity contribution >= 4 is 43.6 Å². The average molecular weight is 220 g/mol. The molecule has 74 valence electrons. The number of hydrogen-bond donors (Lipinski definition) is 0. The van der Waals surface area contributed by atoms with Crippen molar-refractivity contribution in [2.45, 2.75) is 13.8 Å². The summed E-state index contributed by atoms with van der Waals surface area (Å²) in [5.41, 5.74) is 0.659. The van der Waals surface area contributed by atoms with Crippen LogP contribution >= 0.6 is 0 Å². The number of rotatable bonds is 3. The number of amides is 1. The van der Waals surface area contributed by atoms with Gasteiger partial charge in [-0.2, -0.15) is 0 Å². The maximum Gasteiger partial charge on any atom is 2.00 e. The van der Waals surface area contributed by atoms with Crippen molar-refractivity contribution < 1.29 is 7.65 Å². The molecule has 0 aliphatic heterocycles. The van der Waals surface area contributed by atoms with Gasteiger partial charge in [0.25, 0.3) is 5.91 Å². The molecule has 0 N–H and O–H groups in total. The minimum Gasteiger partial charge on any atom is -1.00 e. The molecule has 0 aromatic carbocycles. The molecule has 1 aromatic heterocycles. The van der Waals surface area contributed by atoms with Crippen molar-refractivity contribution in [1.29, 1.82) is 0 Å². The molecule has 1 amide bonds. The molecule has 0 fully saturated rings. The molecule has 3 nitrogen and oxygen atoms in total. The molecule has 0 atom stereocenters. The van der Waals surface area contributed by atoms with Gasteiger partial charge in [-0.15, -0.1) is 0 Å². The molecule has 0 spiro atoms. The van der Waals surface area contributed by atoms with Gasteiger partial charge in [-0.1, -0.05) is 0 Å². The summed E-state index contributed by atoms with van der Waals surface area (Å²) in [5, 5.41) is 0. The fourth-order valence-electron chi connectivity index (χ4n) is 1.18. The van der Waals surface area contributed by atoms with Crippen LogP contribution in [-0.2, 0) is 0 Å². The van der Waals surface area contributed by atoms with E-state index >= 15 is 0 Å². The Kier molecular flexibility index (Phi) is 7.15. The first kappa shape index (κ1) is 13.9. The normalized spacial score (nSPS) is 9.00. The molecule has 0 saturated heterocycles. The summed E-state index contributed by atoms with van der Waals surface area (Å²) in [6.07, 6.45) is 3.26. The van der Waals surface area contributed by atoms with E-state index in [1.54, 1.807) is 29.4 Å². The first-order valence-electron chi connectivity index (χ1n) is 4.48. The summed E-state index contributed by atoms with van der Waals surface area (Å²) in [4.78, 5) is 17.4. The monoisotopic (exact) mass is 220 g/mol. The molecule has 0 aliphatic carbocycles. The molecule has 0 radical (unpaired) electrons. The topological polar surface area (TPSA) is 33.2 Å². The van der Waals surface area contributed by atoms with E-state index in [2.05, 4.69) is 4.98 Å². The second kappa shape index (κ2) is 7.21. The maximum absolute atomic E-state index is 11.7. The number of hydrogen-bond acceptors (Lipinski definition) is 2. The summed E-state index contributed by atoms with van der Waals surface area (Å²) in [6.45, 7) is 5.42. The van der Waals surface area contributed by atoms with Crippen molar-refractivity contribution in [2.75, 3.05) is 13.1 Å². The van der Waals surface area contributed by atoms with Crippen molar-refractivity contribution in [3.63, 3.8) is 0 Å². The van der Waals surface area contributed by atoms with Crippen LogP contribution < -0.4 is 0 Å².